The van der Waals surface area contributed by atoms with Crippen molar-refractivity contribution in [2.45, 2.75) is 53.2 Å². The number of carboxylic acid groups (broad SMARTS) is 1. The van der Waals surface area contributed by atoms with Gasteiger partial charge in [0.15, 0.2) is 0 Å². The van der Waals surface area contributed by atoms with Gasteiger partial charge >= 0.3 is 5.97 Å². The summed E-state index contributed by atoms with van der Waals surface area (Å²) in [4.78, 5) is 22.6. The molecule has 0 aromatic carbocycles. The summed E-state index contributed by atoms with van der Waals surface area (Å²) in [6, 6.07) is -0.918. The smallest absolute Gasteiger partial charge is 0.326 e. The van der Waals surface area contributed by atoms with E-state index in [9.17, 15) is 9.59 Å². The molecule has 5 nitrogen and oxygen atoms in total. The molecule has 1 amide bonds. The molecule has 0 bridgehead atoms. The molecular weight excluding hydrogens is 222 g/mol. The predicted molar refractivity (Wildman–Crippen MR) is 64.7 cm³/mol. The number of ether oxygens (including phenoxy) is 1. The number of rotatable bonds is 4. The number of carbonyl (C=O) groups excluding carboxylic acids is 1. The first-order chi connectivity index (χ1) is 7.43. The number of hydrogen-bond donors (Lipinski definition) is 2. The fraction of sp³-hybridized carbons (Fsp3) is 0.833. The normalized spacial score (nSPS) is 14.2. The van der Waals surface area contributed by atoms with E-state index in [4.69, 9.17) is 9.84 Å². The summed E-state index contributed by atoms with van der Waals surface area (Å²) in [5.74, 6) is -1.45. The Balaban J connectivity index is 4.39. The Morgan fingerprint density at radius 2 is 1.65 bits per heavy atom. The molecule has 0 rings (SSSR count). The molecule has 0 saturated carbocycles. The highest BCUT2D eigenvalue weighted by Crippen LogP contribution is 2.19. The molecule has 0 saturated heterocycles. The third-order valence-corrected chi connectivity index (χ3v) is 2.05. The minimum absolute atomic E-state index is 0.136. The molecule has 0 fully saturated rings. The minimum Gasteiger partial charge on any atom is -0.480 e. The number of carbonyl (C=O) groups is 2. The Labute approximate surface area is 103 Å². The third-order valence-electron chi connectivity index (χ3n) is 2.05. The summed E-state index contributed by atoms with van der Waals surface area (Å²) in [7, 11) is 0. The maximum atomic E-state index is 11.6. The van der Waals surface area contributed by atoms with Crippen LogP contribution in [0.15, 0.2) is 0 Å². The summed E-state index contributed by atoms with van der Waals surface area (Å²) >= 11 is 0. The largest absolute Gasteiger partial charge is 0.480 e. The van der Waals surface area contributed by atoms with E-state index in [2.05, 4.69) is 5.32 Å². The van der Waals surface area contributed by atoms with E-state index in [-0.39, 0.29) is 6.61 Å². The summed E-state index contributed by atoms with van der Waals surface area (Å²) in [6.45, 7) is 10.6. The van der Waals surface area contributed by atoms with Crippen molar-refractivity contribution in [3.05, 3.63) is 0 Å². The lowest BCUT2D eigenvalue weighted by molar-refractivity contribution is -0.146. The van der Waals surface area contributed by atoms with Crippen LogP contribution in [0.3, 0.4) is 0 Å². The van der Waals surface area contributed by atoms with E-state index >= 15 is 0 Å². The second-order valence-corrected chi connectivity index (χ2v) is 6.11. The Morgan fingerprint density at radius 3 is 1.94 bits per heavy atom. The van der Waals surface area contributed by atoms with Crippen molar-refractivity contribution < 1.29 is 19.4 Å². The lowest BCUT2D eigenvalue weighted by Crippen LogP contribution is -2.50. The van der Waals surface area contributed by atoms with Crippen molar-refractivity contribution >= 4 is 11.9 Å². The first-order valence-corrected chi connectivity index (χ1v) is 5.59. The Morgan fingerprint density at radius 1 is 1.18 bits per heavy atom. The second-order valence-electron chi connectivity index (χ2n) is 6.11. The van der Waals surface area contributed by atoms with E-state index in [0.717, 1.165) is 0 Å². The Bertz CT molecular complexity index is 286. The van der Waals surface area contributed by atoms with Crippen LogP contribution in [0.25, 0.3) is 0 Å². The molecule has 0 aliphatic heterocycles. The van der Waals surface area contributed by atoms with Crippen LogP contribution in [-0.2, 0) is 14.3 Å². The van der Waals surface area contributed by atoms with Crippen molar-refractivity contribution in [1.82, 2.24) is 5.32 Å². The summed E-state index contributed by atoms with van der Waals surface area (Å²) in [5.41, 5.74) is -0.957. The molecule has 0 aromatic rings. The summed E-state index contributed by atoms with van der Waals surface area (Å²) < 4.78 is 5.28. The SMILES string of the molecule is CC(C)(C)OCC(=O)N[C@H](C(=O)O)C(C)(C)C. The second kappa shape index (κ2) is 5.49. The van der Waals surface area contributed by atoms with Gasteiger partial charge in [0.2, 0.25) is 5.91 Å². The van der Waals surface area contributed by atoms with E-state index in [1.807, 2.05) is 20.8 Å². The minimum atomic E-state index is -1.04. The molecule has 0 aliphatic rings. The van der Waals surface area contributed by atoms with Crippen LogP contribution in [-0.4, -0.2) is 35.2 Å². The fourth-order valence-electron chi connectivity index (χ4n) is 1.13. The van der Waals surface area contributed by atoms with Gasteiger partial charge in [-0.15, -0.1) is 0 Å². The molecule has 0 unspecified atom stereocenters. The predicted octanol–water partition coefficient (Wildman–Crippen LogP) is 1.42. The zero-order valence-electron chi connectivity index (χ0n) is 11.5. The molecule has 0 radical (unpaired) electrons. The molecule has 0 spiro atoms. The lowest BCUT2D eigenvalue weighted by Gasteiger charge is -2.28. The molecule has 2 N–H and O–H groups in total. The van der Waals surface area contributed by atoms with Gasteiger partial charge in [0.05, 0.1) is 5.60 Å². The molecule has 0 heterocycles. The topological polar surface area (TPSA) is 75.6 Å². The maximum Gasteiger partial charge on any atom is 0.326 e. The number of hydrogen-bond acceptors (Lipinski definition) is 3. The molecule has 17 heavy (non-hydrogen) atoms. The van der Waals surface area contributed by atoms with Gasteiger partial charge in [-0.3, -0.25) is 4.79 Å². The highest BCUT2D eigenvalue weighted by atomic mass is 16.5. The number of carboxylic acids is 1. The highest BCUT2D eigenvalue weighted by Gasteiger charge is 2.32. The number of aliphatic carboxylic acids is 1. The van der Waals surface area contributed by atoms with Gasteiger partial charge < -0.3 is 15.2 Å². The van der Waals surface area contributed by atoms with Gasteiger partial charge in [0.1, 0.15) is 12.6 Å². The van der Waals surface area contributed by atoms with Crippen LogP contribution in [0.1, 0.15) is 41.5 Å². The Kier molecular flexibility index (Phi) is 5.13. The number of nitrogens with one attached hydrogen (secondary N) is 1. The van der Waals surface area contributed by atoms with Gasteiger partial charge in [-0.05, 0) is 26.2 Å². The van der Waals surface area contributed by atoms with E-state index in [1.165, 1.54) is 0 Å². The first-order valence-electron chi connectivity index (χ1n) is 5.59. The number of amides is 1. The summed E-state index contributed by atoms with van der Waals surface area (Å²) in [5, 5.41) is 11.5. The molecule has 100 valence electrons. The first kappa shape index (κ1) is 15.9. The van der Waals surface area contributed by atoms with Crippen LogP contribution in [0.5, 0.6) is 0 Å². The third kappa shape index (κ3) is 6.94. The molecular formula is C12H23NO4. The van der Waals surface area contributed by atoms with E-state index in [0.29, 0.717) is 0 Å². The zero-order chi connectivity index (χ0) is 13.9. The van der Waals surface area contributed by atoms with Crippen LogP contribution in [0, 0.1) is 5.41 Å². The average molecular weight is 245 g/mol. The standard InChI is InChI=1S/C12H23NO4/c1-11(2,3)9(10(15)16)13-8(14)7-17-12(4,5)6/h9H,7H2,1-6H3,(H,13,14)(H,15,16)/t9-/m1/s1. The average Bonchev–Trinajstić information content (AvgIpc) is 2.07. The zero-order valence-corrected chi connectivity index (χ0v) is 11.5. The van der Waals surface area contributed by atoms with Gasteiger partial charge in [-0.25, -0.2) is 4.79 Å². The van der Waals surface area contributed by atoms with Gasteiger partial charge in [0.25, 0.3) is 0 Å². The van der Waals surface area contributed by atoms with Crippen molar-refractivity contribution in [2.24, 2.45) is 5.41 Å². The highest BCUT2D eigenvalue weighted by molar-refractivity contribution is 5.84. The molecule has 0 aromatic heterocycles. The van der Waals surface area contributed by atoms with Crippen LogP contribution in [0.2, 0.25) is 0 Å². The van der Waals surface area contributed by atoms with E-state index < -0.39 is 28.9 Å². The Hall–Kier alpha value is -1.10. The van der Waals surface area contributed by atoms with Crippen LogP contribution in [0.4, 0.5) is 0 Å². The van der Waals surface area contributed by atoms with Crippen molar-refractivity contribution in [3.8, 4) is 0 Å². The molecule has 0 aliphatic carbocycles. The van der Waals surface area contributed by atoms with Gasteiger partial charge in [-0.1, -0.05) is 20.8 Å². The van der Waals surface area contributed by atoms with Crippen LogP contribution < -0.4 is 5.32 Å². The maximum absolute atomic E-state index is 11.6. The van der Waals surface area contributed by atoms with Crippen molar-refractivity contribution in [3.63, 3.8) is 0 Å². The van der Waals surface area contributed by atoms with Crippen molar-refractivity contribution in [2.75, 3.05) is 6.61 Å². The van der Waals surface area contributed by atoms with Gasteiger partial charge in [-0.2, -0.15) is 0 Å². The van der Waals surface area contributed by atoms with Crippen LogP contribution >= 0.6 is 0 Å². The van der Waals surface area contributed by atoms with E-state index in [1.54, 1.807) is 20.8 Å². The fourth-order valence-corrected chi connectivity index (χ4v) is 1.13. The quantitative estimate of drug-likeness (QED) is 0.785. The summed E-state index contributed by atoms with van der Waals surface area (Å²) in [6.07, 6.45) is 0. The monoisotopic (exact) mass is 245 g/mol. The molecule has 1 atom stereocenters. The lowest BCUT2D eigenvalue weighted by atomic mass is 9.87. The van der Waals surface area contributed by atoms with Gasteiger partial charge in [0, 0.05) is 0 Å². The molecule has 5 heteroatoms. The van der Waals surface area contributed by atoms with Crippen molar-refractivity contribution in [1.29, 1.82) is 0 Å².